The molecule has 0 saturated heterocycles. The van der Waals surface area contributed by atoms with Gasteiger partial charge in [0.2, 0.25) is 11.8 Å². The highest BCUT2D eigenvalue weighted by molar-refractivity contribution is 5.88. The number of nitrogens with two attached hydrogens (primary N) is 2. The Morgan fingerprint density at radius 3 is 2.38 bits per heavy atom. The van der Waals surface area contributed by atoms with Crippen LogP contribution in [-0.2, 0) is 22.7 Å². The maximum absolute atomic E-state index is 13.2. The molecule has 194 valence electrons. The van der Waals surface area contributed by atoms with Crippen LogP contribution in [0, 0.1) is 0 Å². The number of carbonyl (C=O) groups is 2. The summed E-state index contributed by atoms with van der Waals surface area (Å²) in [6.07, 6.45) is 4.69. The second kappa shape index (κ2) is 14.2. The van der Waals surface area contributed by atoms with Crippen molar-refractivity contribution in [3.63, 3.8) is 0 Å². The zero-order valence-corrected chi connectivity index (χ0v) is 21.0. The number of amides is 2. The largest absolute Gasteiger partial charge is 0.489 e. The van der Waals surface area contributed by atoms with Crippen LogP contribution in [-0.4, -0.2) is 22.8 Å². The van der Waals surface area contributed by atoms with E-state index in [-0.39, 0.29) is 24.3 Å². The average molecular weight is 503 g/mol. The highest BCUT2D eigenvalue weighted by atomic mass is 16.5. The summed E-state index contributed by atoms with van der Waals surface area (Å²) in [7, 11) is 0. The minimum atomic E-state index is -0.842. The van der Waals surface area contributed by atoms with Crippen LogP contribution < -0.4 is 26.8 Å². The van der Waals surface area contributed by atoms with Gasteiger partial charge in [0, 0.05) is 19.2 Å². The summed E-state index contributed by atoms with van der Waals surface area (Å²) in [6.45, 7) is 2.75. The van der Waals surface area contributed by atoms with Crippen molar-refractivity contribution in [2.24, 2.45) is 16.5 Å². The minimum Gasteiger partial charge on any atom is -0.489 e. The Morgan fingerprint density at radius 1 is 0.973 bits per heavy atom. The first-order valence-corrected chi connectivity index (χ1v) is 12.3. The fourth-order valence-electron chi connectivity index (χ4n) is 3.58. The van der Waals surface area contributed by atoms with Gasteiger partial charge >= 0.3 is 0 Å². The van der Waals surface area contributed by atoms with Crippen LogP contribution >= 0.6 is 0 Å². The van der Waals surface area contributed by atoms with Crippen LogP contribution in [0.2, 0.25) is 0 Å². The lowest BCUT2D eigenvalue weighted by Gasteiger charge is -2.19. The Kier molecular flexibility index (Phi) is 10.5. The van der Waals surface area contributed by atoms with E-state index in [4.69, 9.17) is 16.2 Å². The van der Waals surface area contributed by atoms with Gasteiger partial charge in [0.25, 0.3) is 0 Å². The summed E-state index contributed by atoms with van der Waals surface area (Å²) in [5.74, 6) is 0.480. The van der Waals surface area contributed by atoms with Crippen molar-refractivity contribution in [3.05, 3.63) is 89.6 Å². The zero-order chi connectivity index (χ0) is 26.5. The number of guanidine groups is 1. The molecule has 0 aliphatic carbocycles. The van der Waals surface area contributed by atoms with Gasteiger partial charge in [-0.15, -0.1) is 0 Å². The van der Waals surface area contributed by atoms with Crippen molar-refractivity contribution in [1.29, 1.82) is 0 Å². The number of nitrogens with one attached hydrogen (secondary N) is 2. The van der Waals surface area contributed by atoms with Crippen molar-refractivity contribution in [1.82, 2.24) is 15.6 Å². The van der Waals surface area contributed by atoms with E-state index in [2.05, 4.69) is 27.5 Å². The average Bonchev–Trinajstić information content (AvgIpc) is 2.91. The van der Waals surface area contributed by atoms with Gasteiger partial charge in [0.15, 0.2) is 11.8 Å². The molecular weight excluding hydrogens is 468 g/mol. The van der Waals surface area contributed by atoms with Crippen molar-refractivity contribution in [2.45, 2.75) is 51.8 Å². The molecule has 0 bridgehead atoms. The number of benzene rings is 2. The van der Waals surface area contributed by atoms with Gasteiger partial charge in [0.05, 0.1) is 0 Å². The van der Waals surface area contributed by atoms with Crippen molar-refractivity contribution < 1.29 is 14.3 Å². The molecule has 0 fully saturated rings. The van der Waals surface area contributed by atoms with Gasteiger partial charge in [0.1, 0.15) is 18.4 Å². The van der Waals surface area contributed by atoms with Crippen LogP contribution in [0.5, 0.6) is 5.75 Å². The monoisotopic (exact) mass is 502 g/mol. The quantitative estimate of drug-likeness (QED) is 0.160. The number of hydrogen-bond acceptors (Lipinski definition) is 5. The Labute approximate surface area is 217 Å². The van der Waals surface area contributed by atoms with Crippen molar-refractivity contribution >= 4 is 23.6 Å². The Hall–Kier alpha value is -4.40. The second-order valence-electron chi connectivity index (χ2n) is 8.58. The predicted molar refractivity (Wildman–Crippen MR) is 144 cm³/mol. The maximum atomic E-state index is 13.2. The second-order valence-corrected chi connectivity index (χ2v) is 8.58. The molecule has 37 heavy (non-hydrogen) atoms. The molecule has 3 aromatic rings. The Bertz CT molecular complexity index is 1160. The standard InChI is InChI=1S/C28H34N6O3/c1-2-3-5-10-25(35)34-26(27(36)32-18-21-11-16-24(31-17-21)33-28(29)30)22-12-14-23(15-13-22)37-19-20-8-6-4-7-9-20/h4,6-9,11-17,26H,2-3,5,10,18-19H2,1H3,(H,32,36)(H,34,35)(H4,29,30,31,33)/t26-/m0/s1. The lowest BCUT2D eigenvalue weighted by Crippen LogP contribution is -2.40. The molecule has 9 nitrogen and oxygen atoms in total. The van der Waals surface area contributed by atoms with Gasteiger partial charge in [-0.2, -0.15) is 4.99 Å². The first kappa shape index (κ1) is 27.2. The highest BCUT2D eigenvalue weighted by Gasteiger charge is 2.22. The van der Waals surface area contributed by atoms with E-state index in [0.717, 1.165) is 30.4 Å². The highest BCUT2D eigenvalue weighted by Crippen LogP contribution is 2.20. The van der Waals surface area contributed by atoms with Crippen molar-refractivity contribution in [2.75, 3.05) is 0 Å². The van der Waals surface area contributed by atoms with Crippen LogP contribution in [0.15, 0.2) is 77.9 Å². The Morgan fingerprint density at radius 2 is 1.73 bits per heavy atom. The SMILES string of the molecule is CCCCCC(=O)N[C@H](C(=O)NCc1ccc(N=C(N)N)nc1)c1ccc(OCc2ccccc2)cc1. The van der Waals surface area contributed by atoms with Gasteiger partial charge in [-0.25, -0.2) is 4.98 Å². The van der Waals surface area contributed by atoms with E-state index in [9.17, 15) is 9.59 Å². The smallest absolute Gasteiger partial charge is 0.247 e. The molecule has 0 spiro atoms. The van der Waals surface area contributed by atoms with Gasteiger partial charge in [-0.1, -0.05) is 68.3 Å². The molecule has 0 aliphatic rings. The van der Waals surface area contributed by atoms with Gasteiger partial charge in [-0.3, -0.25) is 9.59 Å². The molecule has 1 aromatic heterocycles. The first-order chi connectivity index (χ1) is 17.9. The van der Waals surface area contributed by atoms with Crippen LogP contribution in [0.4, 0.5) is 5.82 Å². The summed E-state index contributed by atoms with van der Waals surface area (Å²) < 4.78 is 5.85. The lowest BCUT2D eigenvalue weighted by atomic mass is 10.0. The third kappa shape index (κ3) is 9.29. The number of rotatable bonds is 13. The third-order valence-corrected chi connectivity index (χ3v) is 5.56. The Balaban J connectivity index is 1.66. The molecule has 1 atom stereocenters. The number of nitrogens with zero attached hydrogens (tertiary/aromatic N) is 2. The zero-order valence-electron chi connectivity index (χ0n) is 21.0. The van der Waals surface area contributed by atoms with Crippen LogP contribution in [0.3, 0.4) is 0 Å². The summed E-state index contributed by atoms with van der Waals surface area (Å²) >= 11 is 0. The topological polar surface area (TPSA) is 145 Å². The lowest BCUT2D eigenvalue weighted by molar-refractivity contribution is -0.129. The normalized spacial score (nSPS) is 11.3. The minimum absolute atomic E-state index is 0.0810. The fourth-order valence-corrected chi connectivity index (χ4v) is 3.58. The number of aliphatic imine (C=N–C) groups is 1. The number of unbranched alkanes of at least 4 members (excludes halogenated alkanes) is 2. The molecule has 0 saturated carbocycles. The van der Waals surface area contributed by atoms with Gasteiger partial charge in [-0.05, 0) is 41.3 Å². The van der Waals surface area contributed by atoms with E-state index >= 15 is 0 Å². The number of aromatic nitrogens is 1. The van der Waals surface area contributed by atoms with Crippen LogP contribution in [0.25, 0.3) is 0 Å². The molecule has 1 heterocycles. The molecule has 0 unspecified atom stereocenters. The molecule has 0 aliphatic heterocycles. The number of hydrogen-bond donors (Lipinski definition) is 4. The summed E-state index contributed by atoms with van der Waals surface area (Å²) in [5.41, 5.74) is 13.2. The van der Waals surface area contributed by atoms with Crippen molar-refractivity contribution in [3.8, 4) is 5.75 Å². The summed E-state index contributed by atoms with van der Waals surface area (Å²) in [5, 5.41) is 5.76. The summed E-state index contributed by atoms with van der Waals surface area (Å²) in [6, 6.07) is 19.6. The van der Waals surface area contributed by atoms with Crippen LogP contribution in [0.1, 0.15) is 55.3 Å². The van der Waals surface area contributed by atoms with E-state index in [0.29, 0.717) is 30.2 Å². The van der Waals surface area contributed by atoms with E-state index in [1.807, 2.05) is 30.3 Å². The molecule has 2 aromatic carbocycles. The molecule has 6 N–H and O–H groups in total. The molecule has 9 heteroatoms. The third-order valence-electron chi connectivity index (χ3n) is 5.56. The fraction of sp³-hybridized carbons (Fsp3) is 0.286. The maximum Gasteiger partial charge on any atom is 0.247 e. The van der Waals surface area contributed by atoms with E-state index < -0.39 is 6.04 Å². The van der Waals surface area contributed by atoms with E-state index in [1.54, 1.807) is 42.6 Å². The number of carbonyl (C=O) groups excluding carboxylic acids is 2. The first-order valence-electron chi connectivity index (χ1n) is 12.3. The molecular formula is C28H34N6O3. The summed E-state index contributed by atoms with van der Waals surface area (Å²) in [4.78, 5) is 33.8. The number of ether oxygens (including phenoxy) is 1. The predicted octanol–water partition coefficient (Wildman–Crippen LogP) is 3.62. The number of pyridine rings is 1. The molecule has 3 rings (SSSR count). The van der Waals surface area contributed by atoms with E-state index in [1.165, 1.54) is 0 Å². The van der Waals surface area contributed by atoms with Gasteiger partial charge < -0.3 is 26.8 Å². The molecule has 0 radical (unpaired) electrons. The molecule has 2 amide bonds.